The zero-order chi connectivity index (χ0) is 16.9. The smallest absolute Gasteiger partial charge is 0.326 e. The van der Waals surface area contributed by atoms with Gasteiger partial charge in [0.05, 0.1) is 17.7 Å². The molecule has 0 aromatic heterocycles. The molecule has 0 aliphatic rings. The minimum absolute atomic E-state index is 0.0505. The molecule has 122 valence electrons. The van der Waals surface area contributed by atoms with Crippen molar-refractivity contribution in [1.82, 2.24) is 0 Å². The summed E-state index contributed by atoms with van der Waals surface area (Å²) in [6.45, 7) is 0. The standard InChI is InChI=1S/C12H16N2O7S/c1-21-10-4-2-7(22(18,19)20)6-9(10)14-8(12(16)17)3-5-11(13)15/h2,4,6,8,14H,3,5H2,1H3,(H2,13,15)(H,16,17)(H,18,19,20)/t8-/m0/s1. The maximum Gasteiger partial charge on any atom is 0.326 e. The topological polar surface area (TPSA) is 156 Å². The van der Waals surface area contributed by atoms with E-state index in [4.69, 9.17) is 20.1 Å². The SMILES string of the molecule is COc1ccc(S(=O)(=O)O)cc1N[C@@H](CCC(N)=O)C(=O)O. The van der Waals surface area contributed by atoms with Crippen molar-refractivity contribution in [2.75, 3.05) is 12.4 Å². The van der Waals surface area contributed by atoms with Crippen molar-refractivity contribution >= 4 is 27.7 Å². The number of methoxy groups -OCH3 is 1. The van der Waals surface area contributed by atoms with Crippen molar-refractivity contribution in [2.45, 2.75) is 23.8 Å². The van der Waals surface area contributed by atoms with Crippen LogP contribution in [0.1, 0.15) is 12.8 Å². The number of benzene rings is 1. The molecule has 0 spiro atoms. The van der Waals surface area contributed by atoms with Crippen LogP contribution in [0.2, 0.25) is 0 Å². The highest BCUT2D eigenvalue weighted by Gasteiger charge is 2.21. The highest BCUT2D eigenvalue weighted by Crippen LogP contribution is 2.28. The van der Waals surface area contributed by atoms with Gasteiger partial charge in [0.2, 0.25) is 5.91 Å². The largest absolute Gasteiger partial charge is 0.495 e. The van der Waals surface area contributed by atoms with Crippen LogP contribution >= 0.6 is 0 Å². The average molecular weight is 332 g/mol. The van der Waals surface area contributed by atoms with Crippen LogP contribution in [0.15, 0.2) is 23.1 Å². The first-order valence-electron chi connectivity index (χ1n) is 6.08. The van der Waals surface area contributed by atoms with Crippen molar-refractivity contribution in [1.29, 1.82) is 0 Å². The fourth-order valence-electron chi connectivity index (χ4n) is 1.69. The van der Waals surface area contributed by atoms with Gasteiger partial charge in [-0.2, -0.15) is 8.42 Å². The van der Waals surface area contributed by atoms with E-state index in [1.54, 1.807) is 0 Å². The summed E-state index contributed by atoms with van der Waals surface area (Å²) in [4.78, 5) is 21.5. The molecule has 1 aromatic rings. The van der Waals surface area contributed by atoms with Crippen molar-refractivity contribution < 1.29 is 32.4 Å². The number of carboxylic acids is 1. The third-order valence-corrected chi connectivity index (χ3v) is 3.63. The first-order chi connectivity index (χ1) is 10.1. The molecule has 0 unspecified atom stereocenters. The molecule has 0 heterocycles. The molecular formula is C12H16N2O7S. The Labute approximate surface area is 126 Å². The third-order valence-electron chi connectivity index (χ3n) is 2.78. The summed E-state index contributed by atoms with van der Waals surface area (Å²) in [5.74, 6) is -1.73. The van der Waals surface area contributed by atoms with Gasteiger partial charge in [-0.3, -0.25) is 9.35 Å². The van der Waals surface area contributed by atoms with Gasteiger partial charge >= 0.3 is 5.97 Å². The lowest BCUT2D eigenvalue weighted by Gasteiger charge is -2.18. The van der Waals surface area contributed by atoms with Gasteiger partial charge in [0.1, 0.15) is 11.8 Å². The fraction of sp³-hybridized carbons (Fsp3) is 0.333. The number of carboxylic acid groups (broad SMARTS) is 1. The molecule has 0 saturated carbocycles. The van der Waals surface area contributed by atoms with Crippen LogP contribution in [0.5, 0.6) is 5.75 Å². The van der Waals surface area contributed by atoms with E-state index in [9.17, 15) is 18.0 Å². The van der Waals surface area contributed by atoms with E-state index in [1.165, 1.54) is 13.2 Å². The molecular weight excluding hydrogens is 316 g/mol. The molecule has 9 nitrogen and oxygen atoms in total. The van der Waals surface area contributed by atoms with Gasteiger partial charge in [-0.15, -0.1) is 0 Å². The van der Waals surface area contributed by atoms with E-state index in [1.807, 2.05) is 0 Å². The van der Waals surface area contributed by atoms with Crippen LogP contribution in [-0.2, 0) is 19.7 Å². The van der Waals surface area contributed by atoms with Crippen LogP contribution in [-0.4, -0.2) is 43.1 Å². The molecule has 0 aliphatic heterocycles. The number of ether oxygens (including phenoxy) is 1. The highest BCUT2D eigenvalue weighted by molar-refractivity contribution is 7.85. The number of nitrogens with two attached hydrogens (primary N) is 1. The van der Waals surface area contributed by atoms with Gasteiger partial charge in [0.25, 0.3) is 10.1 Å². The minimum Gasteiger partial charge on any atom is -0.495 e. The number of carbonyl (C=O) groups is 2. The predicted molar refractivity (Wildman–Crippen MR) is 76.3 cm³/mol. The lowest BCUT2D eigenvalue weighted by Crippen LogP contribution is -2.31. The van der Waals surface area contributed by atoms with E-state index in [-0.39, 0.29) is 24.3 Å². The molecule has 10 heteroatoms. The Bertz CT molecular complexity index is 672. The Kier molecular flexibility index (Phi) is 5.71. The number of hydrogen-bond acceptors (Lipinski definition) is 6. The molecule has 22 heavy (non-hydrogen) atoms. The van der Waals surface area contributed by atoms with Gasteiger partial charge in [0.15, 0.2) is 0 Å². The molecule has 0 radical (unpaired) electrons. The minimum atomic E-state index is -4.45. The van der Waals surface area contributed by atoms with Gasteiger partial charge in [0, 0.05) is 6.42 Å². The lowest BCUT2D eigenvalue weighted by atomic mass is 10.1. The number of anilines is 1. The number of amides is 1. The molecule has 0 aliphatic carbocycles. The molecule has 1 atom stereocenters. The van der Waals surface area contributed by atoms with Crippen LogP contribution in [0, 0.1) is 0 Å². The van der Waals surface area contributed by atoms with E-state index in [2.05, 4.69) is 5.32 Å². The van der Waals surface area contributed by atoms with Gasteiger partial charge in [-0.05, 0) is 24.6 Å². The number of rotatable bonds is 8. The number of primary amides is 1. The summed E-state index contributed by atoms with van der Waals surface area (Å²) >= 11 is 0. The summed E-state index contributed by atoms with van der Waals surface area (Å²) in [7, 11) is -3.14. The normalized spacial score (nSPS) is 12.5. The fourth-order valence-corrected chi connectivity index (χ4v) is 2.20. The first-order valence-corrected chi connectivity index (χ1v) is 7.52. The second kappa shape index (κ2) is 7.09. The quantitative estimate of drug-likeness (QED) is 0.487. The highest BCUT2D eigenvalue weighted by atomic mass is 32.2. The Balaban J connectivity index is 3.11. The number of hydrogen-bond donors (Lipinski definition) is 4. The monoisotopic (exact) mass is 332 g/mol. The molecule has 0 bridgehead atoms. The molecule has 5 N–H and O–H groups in total. The van der Waals surface area contributed by atoms with Gasteiger partial charge in [-0.1, -0.05) is 0 Å². The van der Waals surface area contributed by atoms with E-state index in [0.29, 0.717) is 0 Å². The zero-order valence-electron chi connectivity index (χ0n) is 11.6. The van der Waals surface area contributed by atoms with Gasteiger partial charge in [-0.25, -0.2) is 4.79 Å². The van der Waals surface area contributed by atoms with Crippen LogP contribution in [0.25, 0.3) is 0 Å². The van der Waals surface area contributed by atoms with Gasteiger partial charge < -0.3 is 20.9 Å². The summed E-state index contributed by atoms with van der Waals surface area (Å²) < 4.78 is 36.3. The maximum absolute atomic E-state index is 11.2. The van der Waals surface area contributed by atoms with E-state index < -0.39 is 32.9 Å². The number of nitrogens with one attached hydrogen (secondary N) is 1. The maximum atomic E-state index is 11.2. The zero-order valence-corrected chi connectivity index (χ0v) is 12.5. The number of aliphatic carboxylic acids is 1. The van der Waals surface area contributed by atoms with E-state index in [0.717, 1.165) is 12.1 Å². The Morgan fingerprint density at radius 3 is 2.50 bits per heavy atom. The Hall–Kier alpha value is -2.33. The Morgan fingerprint density at radius 1 is 1.41 bits per heavy atom. The first kappa shape index (κ1) is 17.7. The molecule has 0 saturated heterocycles. The summed E-state index contributed by atoms with van der Waals surface area (Å²) in [6, 6.07) is 2.23. The van der Waals surface area contributed by atoms with Crippen LogP contribution in [0.3, 0.4) is 0 Å². The summed E-state index contributed by atoms with van der Waals surface area (Å²) in [5, 5.41) is 11.7. The van der Waals surface area contributed by atoms with E-state index >= 15 is 0 Å². The molecule has 1 rings (SSSR count). The third kappa shape index (κ3) is 4.90. The average Bonchev–Trinajstić information content (AvgIpc) is 2.41. The molecule has 1 amide bonds. The summed E-state index contributed by atoms with van der Waals surface area (Å²) in [6.07, 6.45) is -0.256. The van der Waals surface area contributed by atoms with Crippen molar-refractivity contribution in [3.8, 4) is 5.75 Å². The van der Waals surface area contributed by atoms with Crippen molar-refractivity contribution in [2.24, 2.45) is 5.73 Å². The molecule has 1 aromatic carbocycles. The van der Waals surface area contributed by atoms with Crippen molar-refractivity contribution in [3.63, 3.8) is 0 Å². The second-order valence-electron chi connectivity index (χ2n) is 4.38. The summed E-state index contributed by atoms with van der Waals surface area (Å²) in [5.41, 5.74) is 5.03. The lowest BCUT2D eigenvalue weighted by molar-refractivity contribution is -0.138. The number of carbonyl (C=O) groups excluding carboxylic acids is 1. The Morgan fingerprint density at radius 2 is 2.05 bits per heavy atom. The predicted octanol–water partition coefficient (Wildman–Crippen LogP) is 0.0725. The van der Waals surface area contributed by atoms with Crippen LogP contribution < -0.4 is 15.8 Å². The second-order valence-corrected chi connectivity index (χ2v) is 5.80. The van der Waals surface area contributed by atoms with Crippen molar-refractivity contribution in [3.05, 3.63) is 18.2 Å². The molecule has 0 fully saturated rings. The van der Waals surface area contributed by atoms with Crippen LogP contribution in [0.4, 0.5) is 5.69 Å².